The van der Waals surface area contributed by atoms with Crippen LogP contribution in [0.2, 0.25) is 0 Å². The fourth-order valence-corrected chi connectivity index (χ4v) is 1.49. The Hall–Kier alpha value is -0.730. The van der Waals surface area contributed by atoms with E-state index in [1.54, 1.807) is 0 Å². The fraction of sp³-hybridized carbons (Fsp3) is 0.875. The quantitative estimate of drug-likeness (QED) is 0.582. The Labute approximate surface area is 67.0 Å². The minimum Gasteiger partial charge on any atom is -0.465 e. The molecule has 0 aromatic rings. The zero-order valence-corrected chi connectivity index (χ0v) is 7.29. The van der Waals surface area contributed by atoms with Crippen LogP contribution in [0.4, 0.5) is 4.79 Å². The molecule has 1 aliphatic heterocycles. The van der Waals surface area contributed by atoms with E-state index in [0.29, 0.717) is 6.54 Å². The number of carboxylic acid groups (broad SMARTS) is 1. The van der Waals surface area contributed by atoms with Gasteiger partial charge >= 0.3 is 6.09 Å². The Morgan fingerprint density at radius 2 is 2.18 bits per heavy atom. The van der Waals surface area contributed by atoms with E-state index >= 15 is 0 Å². The fourth-order valence-electron chi connectivity index (χ4n) is 1.49. The van der Waals surface area contributed by atoms with E-state index in [4.69, 9.17) is 5.11 Å². The van der Waals surface area contributed by atoms with Gasteiger partial charge in [0.1, 0.15) is 0 Å². The van der Waals surface area contributed by atoms with Crippen LogP contribution in [0.1, 0.15) is 27.2 Å². The van der Waals surface area contributed by atoms with Gasteiger partial charge in [0.25, 0.3) is 0 Å². The zero-order valence-electron chi connectivity index (χ0n) is 7.29. The standard InChI is InChI=1S/C8H15NO2/c1-6-8(2,3)4-5-9(6)7(10)11/h6H,4-5H2,1-3H3,(H,10,11)/t6-/m1/s1. The van der Waals surface area contributed by atoms with E-state index in [-0.39, 0.29) is 11.5 Å². The lowest BCUT2D eigenvalue weighted by Crippen LogP contribution is -2.37. The molecule has 3 nitrogen and oxygen atoms in total. The molecule has 1 amide bonds. The molecule has 0 aromatic carbocycles. The van der Waals surface area contributed by atoms with Gasteiger partial charge in [0.05, 0.1) is 0 Å². The number of rotatable bonds is 0. The highest BCUT2D eigenvalue weighted by Gasteiger charge is 2.39. The summed E-state index contributed by atoms with van der Waals surface area (Å²) in [5, 5.41) is 8.74. The van der Waals surface area contributed by atoms with E-state index in [1.807, 2.05) is 6.92 Å². The third-order valence-corrected chi connectivity index (χ3v) is 2.84. The van der Waals surface area contributed by atoms with Crippen molar-refractivity contribution in [2.24, 2.45) is 5.41 Å². The Bertz CT molecular complexity index is 177. The molecule has 64 valence electrons. The van der Waals surface area contributed by atoms with Crippen LogP contribution in [0.3, 0.4) is 0 Å². The van der Waals surface area contributed by atoms with Gasteiger partial charge in [0.2, 0.25) is 0 Å². The van der Waals surface area contributed by atoms with Crippen molar-refractivity contribution in [3.8, 4) is 0 Å². The zero-order chi connectivity index (χ0) is 8.65. The first-order chi connectivity index (χ1) is 4.95. The van der Waals surface area contributed by atoms with Crippen LogP contribution < -0.4 is 0 Å². The van der Waals surface area contributed by atoms with Gasteiger partial charge in [-0.2, -0.15) is 0 Å². The third kappa shape index (κ3) is 1.32. The molecule has 0 saturated carbocycles. The van der Waals surface area contributed by atoms with Crippen molar-refractivity contribution >= 4 is 6.09 Å². The summed E-state index contributed by atoms with van der Waals surface area (Å²) in [7, 11) is 0. The summed E-state index contributed by atoms with van der Waals surface area (Å²) in [6.07, 6.45) is 0.184. The molecule has 0 spiro atoms. The second-order valence-electron chi connectivity index (χ2n) is 3.89. The average Bonchev–Trinajstić information content (AvgIpc) is 2.09. The molecule has 1 atom stereocenters. The van der Waals surface area contributed by atoms with Crippen molar-refractivity contribution < 1.29 is 9.90 Å². The molecule has 1 heterocycles. The van der Waals surface area contributed by atoms with Gasteiger partial charge in [0.15, 0.2) is 0 Å². The molecule has 1 fully saturated rings. The first-order valence-corrected chi connectivity index (χ1v) is 3.95. The van der Waals surface area contributed by atoms with Crippen LogP contribution in [0.5, 0.6) is 0 Å². The summed E-state index contributed by atoms with van der Waals surface area (Å²) in [6.45, 7) is 6.88. The van der Waals surface area contributed by atoms with E-state index < -0.39 is 6.09 Å². The molecule has 11 heavy (non-hydrogen) atoms. The maximum atomic E-state index is 10.6. The summed E-state index contributed by atoms with van der Waals surface area (Å²) >= 11 is 0. The Morgan fingerprint density at radius 3 is 2.36 bits per heavy atom. The van der Waals surface area contributed by atoms with Crippen molar-refractivity contribution in [3.63, 3.8) is 0 Å². The number of carbonyl (C=O) groups is 1. The van der Waals surface area contributed by atoms with Crippen molar-refractivity contribution in [1.82, 2.24) is 4.90 Å². The first-order valence-electron chi connectivity index (χ1n) is 3.95. The predicted octanol–water partition coefficient (Wildman–Crippen LogP) is 1.78. The molecule has 1 rings (SSSR count). The number of hydrogen-bond acceptors (Lipinski definition) is 1. The molecular formula is C8H15NO2. The van der Waals surface area contributed by atoms with Crippen molar-refractivity contribution in [2.75, 3.05) is 6.54 Å². The normalized spacial score (nSPS) is 29.0. The molecule has 0 bridgehead atoms. The van der Waals surface area contributed by atoms with E-state index in [2.05, 4.69) is 13.8 Å². The van der Waals surface area contributed by atoms with Crippen LogP contribution in [-0.4, -0.2) is 28.7 Å². The van der Waals surface area contributed by atoms with Gasteiger partial charge in [-0.25, -0.2) is 4.79 Å². The highest BCUT2D eigenvalue weighted by Crippen LogP contribution is 2.35. The van der Waals surface area contributed by atoms with Crippen LogP contribution in [0, 0.1) is 5.41 Å². The summed E-state index contributed by atoms with van der Waals surface area (Å²) in [4.78, 5) is 12.1. The topological polar surface area (TPSA) is 40.5 Å². The second kappa shape index (κ2) is 2.40. The van der Waals surface area contributed by atoms with Gasteiger partial charge in [-0.3, -0.25) is 0 Å². The predicted molar refractivity (Wildman–Crippen MR) is 42.6 cm³/mol. The molecule has 0 aromatic heterocycles. The molecule has 1 aliphatic rings. The Morgan fingerprint density at radius 1 is 1.64 bits per heavy atom. The number of likely N-dealkylation sites (tertiary alicyclic amines) is 1. The van der Waals surface area contributed by atoms with Crippen LogP contribution in [-0.2, 0) is 0 Å². The van der Waals surface area contributed by atoms with Gasteiger partial charge in [-0.1, -0.05) is 13.8 Å². The van der Waals surface area contributed by atoms with Crippen molar-refractivity contribution in [2.45, 2.75) is 33.2 Å². The van der Waals surface area contributed by atoms with Crippen molar-refractivity contribution in [3.05, 3.63) is 0 Å². The largest absolute Gasteiger partial charge is 0.465 e. The van der Waals surface area contributed by atoms with Crippen LogP contribution in [0.25, 0.3) is 0 Å². The Kier molecular flexibility index (Phi) is 1.82. The summed E-state index contributed by atoms with van der Waals surface area (Å²) in [5.41, 5.74) is 0.151. The maximum absolute atomic E-state index is 10.6. The van der Waals surface area contributed by atoms with E-state index in [9.17, 15) is 4.79 Å². The second-order valence-corrected chi connectivity index (χ2v) is 3.89. The van der Waals surface area contributed by atoms with Gasteiger partial charge in [-0.05, 0) is 18.8 Å². The SMILES string of the molecule is C[C@H]1N(C(=O)O)CCC1(C)C. The lowest BCUT2D eigenvalue weighted by atomic mass is 9.86. The minimum atomic E-state index is -0.789. The van der Waals surface area contributed by atoms with E-state index in [1.165, 1.54) is 4.90 Å². The summed E-state index contributed by atoms with van der Waals surface area (Å²) < 4.78 is 0. The average molecular weight is 157 g/mol. The molecule has 1 N–H and O–H groups in total. The number of hydrogen-bond donors (Lipinski definition) is 1. The smallest absolute Gasteiger partial charge is 0.407 e. The number of nitrogens with zero attached hydrogens (tertiary/aromatic N) is 1. The van der Waals surface area contributed by atoms with Crippen LogP contribution >= 0.6 is 0 Å². The molecule has 0 aliphatic carbocycles. The van der Waals surface area contributed by atoms with Crippen LogP contribution in [0.15, 0.2) is 0 Å². The Balaban J connectivity index is 2.71. The highest BCUT2D eigenvalue weighted by atomic mass is 16.4. The molecular weight excluding hydrogens is 142 g/mol. The highest BCUT2D eigenvalue weighted by molar-refractivity contribution is 5.66. The van der Waals surface area contributed by atoms with Gasteiger partial charge in [0, 0.05) is 12.6 Å². The molecule has 3 heteroatoms. The maximum Gasteiger partial charge on any atom is 0.407 e. The van der Waals surface area contributed by atoms with Gasteiger partial charge < -0.3 is 10.0 Å². The summed E-state index contributed by atoms with van der Waals surface area (Å²) in [6, 6.07) is 0.153. The third-order valence-electron chi connectivity index (χ3n) is 2.84. The summed E-state index contributed by atoms with van der Waals surface area (Å²) in [5.74, 6) is 0. The van der Waals surface area contributed by atoms with Crippen molar-refractivity contribution in [1.29, 1.82) is 0 Å². The molecule has 0 unspecified atom stereocenters. The lowest BCUT2D eigenvalue weighted by molar-refractivity contribution is 0.129. The molecule has 1 saturated heterocycles. The van der Waals surface area contributed by atoms with E-state index in [0.717, 1.165) is 6.42 Å². The number of amides is 1. The molecule has 0 radical (unpaired) electrons. The lowest BCUT2D eigenvalue weighted by Gasteiger charge is -2.27. The minimum absolute atomic E-state index is 0.151. The van der Waals surface area contributed by atoms with Gasteiger partial charge in [-0.15, -0.1) is 0 Å². The monoisotopic (exact) mass is 157 g/mol. The first kappa shape index (κ1) is 8.37.